The molecule has 1 aliphatic rings. The number of halogens is 1. The first-order chi connectivity index (χ1) is 12.9. The normalized spacial score (nSPS) is 15.2. The number of non-ortho nitro benzene ring substituents is 1. The number of ether oxygens (including phenoxy) is 1. The van der Waals surface area contributed by atoms with Crippen molar-refractivity contribution in [3.8, 4) is 5.75 Å². The van der Waals surface area contributed by atoms with Crippen LogP contribution >= 0.6 is 11.6 Å². The molecular formula is C19H20ClN3O4. The second-order valence-corrected chi connectivity index (χ2v) is 6.93. The minimum atomic E-state index is -0.535. The summed E-state index contributed by atoms with van der Waals surface area (Å²) >= 11 is 6.06. The van der Waals surface area contributed by atoms with Crippen LogP contribution in [0, 0.1) is 10.1 Å². The molecule has 8 heteroatoms. The molecule has 3 rings (SSSR count). The highest BCUT2D eigenvalue weighted by Gasteiger charge is 2.37. The van der Waals surface area contributed by atoms with Crippen LogP contribution in [0.1, 0.15) is 31.2 Å². The largest absolute Gasteiger partial charge is 0.497 e. The predicted molar refractivity (Wildman–Crippen MR) is 103 cm³/mol. The van der Waals surface area contributed by atoms with Crippen molar-refractivity contribution in [1.29, 1.82) is 0 Å². The van der Waals surface area contributed by atoms with Crippen LogP contribution in [0.15, 0.2) is 42.5 Å². The molecule has 7 nitrogen and oxygen atoms in total. The molecule has 2 aromatic rings. The third-order valence-electron chi connectivity index (χ3n) is 4.86. The quantitative estimate of drug-likeness (QED) is 0.564. The first-order valence-electron chi connectivity index (χ1n) is 8.61. The van der Waals surface area contributed by atoms with Gasteiger partial charge in [0.25, 0.3) is 5.69 Å². The Bertz CT molecular complexity index is 849. The molecular weight excluding hydrogens is 370 g/mol. The summed E-state index contributed by atoms with van der Waals surface area (Å²) < 4.78 is 5.20. The summed E-state index contributed by atoms with van der Waals surface area (Å²) in [6, 6.07) is 11.2. The molecule has 0 atom stereocenters. The SMILES string of the molecule is COc1ccc(C2(NC(=O)Nc3ccc([N+](=O)[O-])cc3Cl)CCCC2)cc1. The van der Waals surface area contributed by atoms with Crippen molar-refractivity contribution in [2.24, 2.45) is 0 Å². The van der Waals surface area contributed by atoms with Crippen LogP contribution in [0.5, 0.6) is 5.75 Å². The highest BCUT2D eigenvalue weighted by atomic mass is 35.5. The summed E-state index contributed by atoms with van der Waals surface area (Å²) in [5.74, 6) is 0.758. The molecule has 0 spiro atoms. The molecule has 2 aromatic carbocycles. The van der Waals surface area contributed by atoms with E-state index in [0.29, 0.717) is 5.69 Å². The Morgan fingerprint density at radius 3 is 2.41 bits per heavy atom. The van der Waals surface area contributed by atoms with E-state index in [1.807, 2.05) is 24.3 Å². The van der Waals surface area contributed by atoms with Gasteiger partial charge in [-0.2, -0.15) is 0 Å². The third kappa shape index (κ3) is 4.14. The number of anilines is 1. The number of carbonyl (C=O) groups excluding carboxylic acids is 1. The number of hydrogen-bond acceptors (Lipinski definition) is 4. The van der Waals surface area contributed by atoms with Crippen molar-refractivity contribution < 1.29 is 14.5 Å². The van der Waals surface area contributed by atoms with E-state index >= 15 is 0 Å². The number of nitro groups is 1. The molecule has 2 N–H and O–H groups in total. The van der Waals surface area contributed by atoms with Gasteiger partial charge < -0.3 is 15.4 Å². The second-order valence-electron chi connectivity index (χ2n) is 6.52. The van der Waals surface area contributed by atoms with Gasteiger partial charge in [0.05, 0.1) is 28.3 Å². The number of methoxy groups -OCH3 is 1. The zero-order chi connectivity index (χ0) is 19.4. The van der Waals surface area contributed by atoms with E-state index in [2.05, 4.69) is 10.6 Å². The number of nitro benzene ring substituents is 1. The van der Waals surface area contributed by atoms with Gasteiger partial charge in [-0.25, -0.2) is 4.79 Å². The Morgan fingerprint density at radius 1 is 1.19 bits per heavy atom. The van der Waals surface area contributed by atoms with Crippen molar-refractivity contribution in [2.75, 3.05) is 12.4 Å². The van der Waals surface area contributed by atoms with E-state index in [4.69, 9.17) is 16.3 Å². The van der Waals surface area contributed by atoms with Crippen LogP contribution in [0.3, 0.4) is 0 Å². The number of amides is 2. The van der Waals surface area contributed by atoms with E-state index in [1.54, 1.807) is 7.11 Å². The minimum absolute atomic E-state index is 0.115. The highest BCUT2D eigenvalue weighted by Crippen LogP contribution is 2.39. The maximum absolute atomic E-state index is 12.6. The zero-order valence-electron chi connectivity index (χ0n) is 14.8. The Hall–Kier alpha value is -2.80. The van der Waals surface area contributed by atoms with Crippen molar-refractivity contribution in [1.82, 2.24) is 5.32 Å². The summed E-state index contributed by atoms with van der Waals surface area (Å²) in [6.07, 6.45) is 3.71. The predicted octanol–water partition coefficient (Wildman–Crippen LogP) is 4.85. The van der Waals surface area contributed by atoms with E-state index < -0.39 is 16.5 Å². The zero-order valence-corrected chi connectivity index (χ0v) is 15.6. The van der Waals surface area contributed by atoms with E-state index in [0.717, 1.165) is 37.0 Å². The average molecular weight is 390 g/mol. The number of benzene rings is 2. The lowest BCUT2D eigenvalue weighted by Crippen LogP contribution is -2.45. The van der Waals surface area contributed by atoms with Gasteiger partial charge in [-0.15, -0.1) is 0 Å². The lowest BCUT2D eigenvalue weighted by molar-refractivity contribution is -0.384. The topological polar surface area (TPSA) is 93.5 Å². The molecule has 0 bridgehead atoms. The molecule has 1 aliphatic carbocycles. The lowest BCUT2D eigenvalue weighted by Gasteiger charge is -2.31. The summed E-state index contributed by atoms with van der Waals surface area (Å²) in [7, 11) is 1.61. The number of nitrogens with zero attached hydrogens (tertiary/aromatic N) is 1. The Morgan fingerprint density at radius 2 is 1.85 bits per heavy atom. The Labute approximate surface area is 161 Å². The van der Waals surface area contributed by atoms with Crippen molar-refractivity contribution >= 4 is 29.0 Å². The van der Waals surface area contributed by atoms with Gasteiger partial charge in [-0.05, 0) is 36.6 Å². The van der Waals surface area contributed by atoms with Gasteiger partial charge in [-0.3, -0.25) is 10.1 Å². The van der Waals surface area contributed by atoms with Gasteiger partial charge in [0.2, 0.25) is 0 Å². The van der Waals surface area contributed by atoms with Gasteiger partial charge in [0.1, 0.15) is 5.75 Å². The summed E-state index contributed by atoms with van der Waals surface area (Å²) in [5, 5.41) is 16.7. The number of nitrogens with one attached hydrogen (secondary N) is 2. The fourth-order valence-corrected chi connectivity index (χ4v) is 3.69. The average Bonchev–Trinajstić information content (AvgIpc) is 3.12. The smallest absolute Gasteiger partial charge is 0.319 e. The fraction of sp³-hybridized carbons (Fsp3) is 0.316. The fourth-order valence-electron chi connectivity index (χ4n) is 3.46. The van der Waals surface area contributed by atoms with Crippen LogP contribution in [-0.4, -0.2) is 18.1 Å². The molecule has 142 valence electrons. The molecule has 0 saturated heterocycles. The van der Waals surface area contributed by atoms with Crippen LogP contribution in [0.25, 0.3) is 0 Å². The van der Waals surface area contributed by atoms with Gasteiger partial charge >= 0.3 is 6.03 Å². The molecule has 2 amide bonds. The molecule has 0 aromatic heterocycles. The molecule has 1 saturated carbocycles. The first-order valence-corrected chi connectivity index (χ1v) is 8.99. The van der Waals surface area contributed by atoms with Crippen LogP contribution < -0.4 is 15.4 Å². The lowest BCUT2D eigenvalue weighted by atomic mass is 9.88. The monoisotopic (exact) mass is 389 g/mol. The molecule has 1 fully saturated rings. The molecule has 0 unspecified atom stereocenters. The first kappa shape index (κ1) is 19.0. The van der Waals surface area contributed by atoms with Crippen molar-refractivity contribution in [3.05, 3.63) is 63.2 Å². The summed E-state index contributed by atoms with van der Waals surface area (Å²) in [6.45, 7) is 0. The molecule has 27 heavy (non-hydrogen) atoms. The number of rotatable bonds is 5. The van der Waals surface area contributed by atoms with Gasteiger partial charge in [0.15, 0.2) is 0 Å². The van der Waals surface area contributed by atoms with Gasteiger partial charge in [0, 0.05) is 12.1 Å². The van der Waals surface area contributed by atoms with E-state index in [-0.39, 0.29) is 10.7 Å². The maximum Gasteiger partial charge on any atom is 0.319 e. The Kier molecular flexibility index (Phi) is 5.51. The van der Waals surface area contributed by atoms with Crippen LogP contribution in [-0.2, 0) is 5.54 Å². The standard InChI is InChI=1S/C19H20ClN3O4/c1-27-15-7-4-13(5-8-15)19(10-2-3-11-19)22-18(24)21-17-9-6-14(23(25)26)12-16(17)20/h4-9,12H,2-3,10-11H2,1H3,(H2,21,22,24). The van der Waals surface area contributed by atoms with Gasteiger partial charge in [-0.1, -0.05) is 36.6 Å². The third-order valence-corrected chi connectivity index (χ3v) is 5.18. The van der Waals surface area contributed by atoms with E-state index in [9.17, 15) is 14.9 Å². The Balaban J connectivity index is 1.77. The number of hydrogen-bond donors (Lipinski definition) is 2. The maximum atomic E-state index is 12.6. The van der Waals surface area contributed by atoms with Crippen LogP contribution in [0.2, 0.25) is 5.02 Å². The summed E-state index contributed by atoms with van der Waals surface area (Å²) in [5.41, 5.74) is 0.758. The molecule has 0 radical (unpaired) electrons. The molecule has 0 aliphatic heterocycles. The molecule has 0 heterocycles. The highest BCUT2D eigenvalue weighted by molar-refractivity contribution is 6.33. The minimum Gasteiger partial charge on any atom is -0.497 e. The van der Waals surface area contributed by atoms with E-state index in [1.165, 1.54) is 18.2 Å². The van der Waals surface area contributed by atoms with Crippen molar-refractivity contribution in [3.63, 3.8) is 0 Å². The van der Waals surface area contributed by atoms with Crippen LogP contribution in [0.4, 0.5) is 16.2 Å². The summed E-state index contributed by atoms with van der Waals surface area (Å²) in [4.78, 5) is 22.9. The van der Waals surface area contributed by atoms with Crippen molar-refractivity contribution in [2.45, 2.75) is 31.2 Å². The second kappa shape index (κ2) is 7.84. The number of carbonyl (C=O) groups is 1. The number of urea groups is 1.